The van der Waals surface area contributed by atoms with Crippen LogP contribution in [-0.2, 0) is 0 Å². The summed E-state index contributed by atoms with van der Waals surface area (Å²) < 4.78 is 0. The average Bonchev–Trinajstić information content (AvgIpc) is 2.85. The highest BCUT2D eigenvalue weighted by Gasteiger charge is 2.34. The molecule has 0 aromatic heterocycles. The molecule has 0 spiro atoms. The molecule has 0 bridgehead atoms. The van der Waals surface area contributed by atoms with Crippen molar-refractivity contribution in [2.45, 2.75) is 69.7 Å². The third-order valence-corrected chi connectivity index (χ3v) is 5.71. The van der Waals surface area contributed by atoms with Gasteiger partial charge in [0.2, 0.25) is 0 Å². The zero-order valence-electron chi connectivity index (χ0n) is 12.2. The van der Waals surface area contributed by atoms with Crippen molar-refractivity contribution in [3.63, 3.8) is 0 Å². The van der Waals surface area contributed by atoms with Crippen LogP contribution in [0.2, 0.25) is 0 Å². The molecule has 106 valence electrons. The van der Waals surface area contributed by atoms with Gasteiger partial charge in [-0.15, -0.1) is 0 Å². The Morgan fingerprint density at radius 1 is 1.17 bits per heavy atom. The van der Waals surface area contributed by atoms with Gasteiger partial charge >= 0.3 is 0 Å². The predicted molar refractivity (Wildman–Crippen MR) is 82.4 cm³/mol. The molecule has 2 fully saturated rings. The normalized spacial score (nSPS) is 34.0. The summed E-state index contributed by atoms with van der Waals surface area (Å²) >= 11 is 2.20. The molecular weight excluding hydrogens is 240 g/mol. The summed E-state index contributed by atoms with van der Waals surface area (Å²) in [6, 6.07) is 1.63. The molecule has 1 N–H and O–H groups in total. The number of piperidine rings is 1. The van der Waals surface area contributed by atoms with Crippen LogP contribution in [0.15, 0.2) is 0 Å². The maximum absolute atomic E-state index is 3.72. The Balaban J connectivity index is 1.83. The van der Waals surface area contributed by atoms with Crippen molar-refractivity contribution in [1.82, 2.24) is 10.2 Å². The zero-order chi connectivity index (χ0) is 12.8. The van der Waals surface area contributed by atoms with E-state index in [0.717, 1.165) is 17.3 Å². The molecule has 3 atom stereocenters. The first-order chi connectivity index (χ1) is 8.85. The quantitative estimate of drug-likeness (QED) is 0.798. The van der Waals surface area contributed by atoms with Gasteiger partial charge in [-0.3, -0.25) is 4.90 Å². The molecule has 2 nitrogen and oxygen atoms in total. The van der Waals surface area contributed by atoms with Gasteiger partial charge in [0.25, 0.3) is 0 Å². The molecule has 0 amide bonds. The van der Waals surface area contributed by atoms with Gasteiger partial charge in [-0.05, 0) is 50.9 Å². The first-order valence-corrected chi connectivity index (χ1v) is 8.99. The number of hydrogen-bond acceptors (Lipinski definition) is 3. The van der Waals surface area contributed by atoms with E-state index in [0.29, 0.717) is 0 Å². The largest absolute Gasteiger partial charge is 0.313 e. The SMILES string of the molecule is CCCNC1CCCN(C2CCCC2SCC)C1. The molecule has 3 heteroatoms. The smallest absolute Gasteiger partial charge is 0.0215 e. The Hall–Kier alpha value is 0.270. The molecule has 0 radical (unpaired) electrons. The van der Waals surface area contributed by atoms with Crippen molar-refractivity contribution in [2.75, 3.05) is 25.4 Å². The zero-order valence-corrected chi connectivity index (χ0v) is 13.0. The molecule has 1 aliphatic carbocycles. The third kappa shape index (κ3) is 3.88. The van der Waals surface area contributed by atoms with Crippen LogP contribution >= 0.6 is 11.8 Å². The maximum atomic E-state index is 3.72. The van der Waals surface area contributed by atoms with Gasteiger partial charge in [0.05, 0.1) is 0 Å². The second-order valence-electron chi connectivity index (χ2n) is 5.78. The van der Waals surface area contributed by atoms with Gasteiger partial charge in [0.15, 0.2) is 0 Å². The highest BCUT2D eigenvalue weighted by molar-refractivity contribution is 7.99. The fourth-order valence-corrected chi connectivity index (χ4v) is 4.85. The molecule has 2 aliphatic rings. The number of nitrogens with zero attached hydrogens (tertiary/aromatic N) is 1. The molecule has 18 heavy (non-hydrogen) atoms. The second kappa shape index (κ2) is 7.76. The molecule has 1 saturated carbocycles. The topological polar surface area (TPSA) is 15.3 Å². The Bertz CT molecular complexity index is 235. The monoisotopic (exact) mass is 270 g/mol. The first-order valence-electron chi connectivity index (χ1n) is 7.94. The summed E-state index contributed by atoms with van der Waals surface area (Å²) in [5.74, 6) is 1.28. The van der Waals surface area contributed by atoms with Gasteiger partial charge in [-0.2, -0.15) is 11.8 Å². The Morgan fingerprint density at radius 3 is 2.83 bits per heavy atom. The lowest BCUT2D eigenvalue weighted by molar-refractivity contribution is 0.141. The lowest BCUT2D eigenvalue weighted by atomic mass is 10.0. The molecule has 0 aromatic carbocycles. The van der Waals surface area contributed by atoms with Crippen molar-refractivity contribution in [3.8, 4) is 0 Å². The van der Waals surface area contributed by atoms with Crippen molar-refractivity contribution in [3.05, 3.63) is 0 Å². The molecular formula is C15H30N2S. The number of hydrogen-bond donors (Lipinski definition) is 1. The van der Waals surface area contributed by atoms with Gasteiger partial charge in [-0.1, -0.05) is 20.3 Å². The summed E-state index contributed by atoms with van der Waals surface area (Å²) in [6.07, 6.45) is 8.38. The van der Waals surface area contributed by atoms with Crippen LogP contribution in [0.3, 0.4) is 0 Å². The summed E-state index contributed by atoms with van der Waals surface area (Å²) in [4.78, 5) is 2.80. The molecule has 2 rings (SSSR count). The maximum Gasteiger partial charge on any atom is 0.0215 e. The van der Waals surface area contributed by atoms with Crippen LogP contribution in [0.5, 0.6) is 0 Å². The Morgan fingerprint density at radius 2 is 2.06 bits per heavy atom. The number of thioether (sulfide) groups is 1. The van der Waals surface area contributed by atoms with E-state index >= 15 is 0 Å². The van der Waals surface area contributed by atoms with E-state index in [1.807, 2.05) is 0 Å². The molecule has 1 saturated heterocycles. The number of nitrogens with one attached hydrogen (secondary N) is 1. The van der Waals surface area contributed by atoms with Gasteiger partial charge in [0.1, 0.15) is 0 Å². The van der Waals surface area contributed by atoms with Crippen LogP contribution in [0.4, 0.5) is 0 Å². The summed E-state index contributed by atoms with van der Waals surface area (Å²) in [6.45, 7) is 8.40. The van der Waals surface area contributed by atoms with E-state index in [4.69, 9.17) is 0 Å². The van der Waals surface area contributed by atoms with Crippen molar-refractivity contribution >= 4 is 11.8 Å². The van der Waals surface area contributed by atoms with E-state index in [9.17, 15) is 0 Å². The minimum absolute atomic E-state index is 0.756. The van der Waals surface area contributed by atoms with Gasteiger partial charge < -0.3 is 5.32 Å². The Kier molecular flexibility index (Phi) is 6.33. The summed E-state index contributed by atoms with van der Waals surface area (Å²) in [5, 5.41) is 4.64. The van der Waals surface area contributed by atoms with Crippen molar-refractivity contribution in [1.29, 1.82) is 0 Å². The summed E-state index contributed by atoms with van der Waals surface area (Å²) in [7, 11) is 0. The third-order valence-electron chi connectivity index (χ3n) is 4.40. The minimum Gasteiger partial charge on any atom is -0.313 e. The number of likely N-dealkylation sites (tertiary alicyclic amines) is 1. The second-order valence-corrected chi connectivity index (χ2v) is 7.30. The first kappa shape index (κ1) is 14.7. The Labute approximate surface area is 117 Å². The van der Waals surface area contributed by atoms with Crippen LogP contribution in [-0.4, -0.2) is 47.6 Å². The molecule has 3 unspecified atom stereocenters. The van der Waals surface area contributed by atoms with Crippen LogP contribution < -0.4 is 5.32 Å². The van der Waals surface area contributed by atoms with Crippen LogP contribution in [0.1, 0.15) is 52.4 Å². The highest BCUT2D eigenvalue weighted by atomic mass is 32.2. The fraction of sp³-hybridized carbons (Fsp3) is 1.00. The van der Waals surface area contributed by atoms with E-state index in [1.54, 1.807) is 0 Å². The standard InChI is InChI=1S/C15H30N2S/c1-3-10-16-13-7-6-11-17(12-13)14-8-5-9-15(14)18-4-2/h13-16H,3-12H2,1-2H3. The lowest BCUT2D eigenvalue weighted by Gasteiger charge is -2.39. The van der Waals surface area contributed by atoms with E-state index < -0.39 is 0 Å². The lowest BCUT2D eigenvalue weighted by Crippen LogP contribution is -2.51. The van der Waals surface area contributed by atoms with Crippen molar-refractivity contribution in [2.24, 2.45) is 0 Å². The highest BCUT2D eigenvalue weighted by Crippen LogP contribution is 2.34. The van der Waals surface area contributed by atoms with E-state index in [-0.39, 0.29) is 0 Å². The van der Waals surface area contributed by atoms with Crippen LogP contribution in [0, 0.1) is 0 Å². The summed E-state index contributed by atoms with van der Waals surface area (Å²) in [5.41, 5.74) is 0. The van der Waals surface area contributed by atoms with E-state index in [2.05, 4.69) is 35.8 Å². The van der Waals surface area contributed by atoms with Gasteiger partial charge in [-0.25, -0.2) is 0 Å². The molecule has 0 aromatic rings. The number of rotatable bonds is 6. The van der Waals surface area contributed by atoms with Crippen LogP contribution in [0.25, 0.3) is 0 Å². The minimum atomic E-state index is 0.756. The van der Waals surface area contributed by atoms with Gasteiger partial charge in [0, 0.05) is 23.9 Å². The average molecular weight is 270 g/mol. The van der Waals surface area contributed by atoms with Crippen molar-refractivity contribution < 1.29 is 0 Å². The molecule has 1 heterocycles. The predicted octanol–water partition coefficient (Wildman–Crippen LogP) is 3.12. The fourth-order valence-electron chi connectivity index (χ4n) is 3.56. The van der Waals surface area contributed by atoms with E-state index in [1.165, 1.54) is 63.9 Å². The molecule has 1 aliphatic heterocycles.